The Balaban J connectivity index is 1.78. The van der Waals surface area contributed by atoms with Gasteiger partial charge in [0.15, 0.2) is 0 Å². The molecule has 0 unspecified atom stereocenters. The number of amides is 3. The highest BCUT2D eigenvalue weighted by Gasteiger charge is 2.36. The van der Waals surface area contributed by atoms with Crippen LogP contribution in [-0.2, 0) is 4.79 Å². The van der Waals surface area contributed by atoms with Crippen molar-refractivity contribution in [3.8, 4) is 0 Å². The van der Waals surface area contributed by atoms with E-state index < -0.39 is 17.7 Å². The molecule has 2 aromatic rings. The van der Waals surface area contributed by atoms with Crippen molar-refractivity contribution in [2.24, 2.45) is 0 Å². The van der Waals surface area contributed by atoms with Crippen molar-refractivity contribution in [1.82, 2.24) is 4.90 Å². The van der Waals surface area contributed by atoms with Crippen LogP contribution in [0.3, 0.4) is 0 Å². The van der Waals surface area contributed by atoms with E-state index in [-0.39, 0.29) is 6.54 Å². The number of fused-ring (bicyclic) bond motifs is 1. The standard InChI is InChI=1S/C18H15ClN2O3/c1-10-7-11(2)16(14(19)8-10)20-15(22)9-21-17(23)12-5-3-4-6-13(12)18(21)24/h3-8H,9H2,1-2H3,(H,20,22). The minimum Gasteiger partial charge on any atom is -0.323 e. The molecule has 1 heterocycles. The van der Waals surface area contributed by atoms with Crippen molar-refractivity contribution in [2.45, 2.75) is 13.8 Å². The Labute approximate surface area is 144 Å². The molecule has 5 nitrogen and oxygen atoms in total. The molecule has 0 spiro atoms. The van der Waals surface area contributed by atoms with E-state index in [1.165, 1.54) is 0 Å². The first kappa shape index (κ1) is 16.2. The second kappa shape index (κ2) is 6.09. The third kappa shape index (κ3) is 2.78. The summed E-state index contributed by atoms with van der Waals surface area (Å²) in [5.41, 5.74) is 2.93. The molecule has 2 aromatic carbocycles. The van der Waals surface area contributed by atoms with E-state index in [4.69, 9.17) is 11.6 Å². The molecular formula is C18H15ClN2O3. The average Bonchev–Trinajstić information content (AvgIpc) is 2.76. The Hall–Kier alpha value is -2.66. The number of carbonyl (C=O) groups is 3. The molecular weight excluding hydrogens is 328 g/mol. The average molecular weight is 343 g/mol. The highest BCUT2D eigenvalue weighted by molar-refractivity contribution is 6.34. The van der Waals surface area contributed by atoms with Crippen LogP contribution in [0.2, 0.25) is 5.02 Å². The van der Waals surface area contributed by atoms with Crippen LogP contribution in [0.4, 0.5) is 5.69 Å². The van der Waals surface area contributed by atoms with Crippen LogP contribution in [0.5, 0.6) is 0 Å². The Morgan fingerprint density at radius 1 is 1.08 bits per heavy atom. The number of rotatable bonds is 3. The van der Waals surface area contributed by atoms with Crippen molar-refractivity contribution in [1.29, 1.82) is 0 Å². The zero-order valence-electron chi connectivity index (χ0n) is 13.2. The summed E-state index contributed by atoms with van der Waals surface area (Å²) in [5.74, 6) is -1.40. The quantitative estimate of drug-likeness (QED) is 0.871. The first-order valence-electron chi connectivity index (χ1n) is 7.40. The molecule has 24 heavy (non-hydrogen) atoms. The van der Waals surface area contributed by atoms with Crippen molar-refractivity contribution in [3.05, 3.63) is 63.7 Å². The van der Waals surface area contributed by atoms with Crippen LogP contribution < -0.4 is 5.32 Å². The number of imide groups is 1. The zero-order valence-corrected chi connectivity index (χ0v) is 14.0. The van der Waals surface area contributed by atoms with E-state index in [1.807, 2.05) is 19.9 Å². The zero-order chi connectivity index (χ0) is 17.4. The Bertz CT molecular complexity index is 818. The lowest BCUT2D eigenvalue weighted by Gasteiger charge is -2.15. The largest absolute Gasteiger partial charge is 0.323 e. The molecule has 3 rings (SSSR count). The van der Waals surface area contributed by atoms with Crippen LogP contribution in [0, 0.1) is 13.8 Å². The molecule has 0 saturated carbocycles. The topological polar surface area (TPSA) is 66.5 Å². The van der Waals surface area contributed by atoms with E-state index >= 15 is 0 Å². The molecule has 0 fully saturated rings. The molecule has 1 aliphatic rings. The van der Waals surface area contributed by atoms with Gasteiger partial charge in [-0.25, -0.2) is 0 Å². The molecule has 1 aliphatic heterocycles. The monoisotopic (exact) mass is 342 g/mol. The van der Waals surface area contributed by atoms with Crippen LogP contribution in [0.15, 0.2) is 36.4 Å². The second-order valence-electron chi connectivity index (χ2n) is 5.73. The molecule has 122 valence electrons. The van der Waals surface area contributed by atoms with Crippen LogP contribution in [0.1, 0.15) is 31.8 Å². The van der Waals surface area contributed by atoms with Gasteiger partial charge >= 0.3 is 0 Å². The van der Waals surface area contributed by atoms with Crippen LogP contribution in [-0.4, -0.2) is 29.2 Å². The molecule has 0 aliphatic carbocycles. The molecule has 1 N–H and O–H groups in total. The number of carbonyl (C=O) groups excluding carboxylic acids is 3. The molecule has 0 aromatic heterocycles. The van der Waals surface area contributed by atoms with Crippen LogP contribution >= 0.6 is 11.6 Å². The van der Waals surface area contributed by atoms with E-state index in [1.54, 1.807) is 30.3 Å². The number of halogens is 1. The van der Waals surface area contributed by atoms with E-state index in [0.29, 0.717) is 21.8 Å². The predicted octanol–water partition coefficient (Wildman–Crippen LogP) is 3.19. The third-order valence-corrected chi connectivity index (χ3v) is 4.17. The molecule has 3 amide bonds. The van der Waals surface area contributed by atoms with Gasteiger partial charge in [-0.3, -0.25) is 19.3 Å². The lowest BCUT2D eigenvalue weighted by atomic mass is 10.1. The fourth-order valence-corrected chi connectivity index (χ4v) is 3.15. The van der Waals surface area contributed by atoms with Crippen molar-refractivity contribution in [3.63, 3.8) is 0 Å². The maximum atomic E-state index is 12.3. The summed E-state index contributed by atoms with van der Waals surface area (Å²) in [5, 5.41) is 3.10. The van der Waals surface area contributed by atoms with Gasteiger partial charge in [0.1, 0.15) is 6.54 Å². The normalized spacial score (nSPS) is 13.2. The number of hydrogen-bond donors (Lipinski definition) is 1. The number of nitrogens with zero attached hydrogens (tertiary/aromatic N) is 1. The number of anilines is 1. The van der Waals surface area contributed by atoms with Crippen molar-refractivity contribution < 1.29 is 14.4 Å². The van der Waals surface area contributed by atoms with Gasteiger partial charge < -0.3 is 5.32 Å². The highest BCUT2D eigenvalue weighted by atomic mass is 35.5. The number of aryl methyl sites for hydroxylation is 2. The SMILES string of the molecule is Cc1cc(C)c(NC(=O)CN2C(=O)c3ccccc3C2=O)c(Cl)c1. The van der Waals surface area contributed by atoms with Gasteiger partial charge in [0.2, 0.25) is 5.91 Å². The molecule has 6 heteroatoms. The molecule has 0 radical (unpaired) electrons. The minimum absolute atomic E-state index is 0.319. The fourth-order valence-electron chi connectivity index (χ4n) is 2.78. The Kier molecular flexibility index (Phi) is 4.11. The number of benzene rings is 2. The lowest BCUT2D eigenvalue weighted by molar-refractivity contribution is -0.116. The minimum atomic E-state index is -0.474. The number of nitrogens with one attached hydrogen (secondary N) is 1. The summed E-state index contributed by atoms with van der Waals surface area (Å²) in [6.07, 6.45) is 0. The van der Waals surface area contributed by atoms with Gasteiger partial charge in [0, 0.05) is 0 Å². The van der Waals surface area contributed by atoms with Crippen LogP contribution in [0.25, 0.3) is 0 Å². The van der Waals surface area contributed by atoms with Gasteiger partial charge in [-0.05, 0) is 43.2 Å². The molecule has 0 bridgehead atoms. The summed E-state index contributed by atoms with van der Waals surface area (Å²) in [6, 6.07) is 10.2. The smallest absolute Gasteiger partial charge is 0.262 e. The van der Waals surface area contributed by atoms with Gasteiger partial charge in [-0.1, -0.05) is 29.8 Å². The number of hydrogen-bond acceptors (Lipinski definition) is 3. The maximum absolute atomic E-state index is 12.3. The first-order chi connectivity index (χ1) is 11.4. The van der Waals surface area contributed by atoms with E-state index in [9.17, 15) is 14.4 Å². The summed E-state index contributed by atoms with van der Waals surface area (Å²) >= 11 is 6.16. The van der Waals surface area contributed by atoms with Crippen molar-refractivity contribution >= 4 is 35.0 Å². The van der Waals surface area contributed by atoms with Gasteiger partial charge in [0.05, 0.1) is 21.8 Å². The highest BCUT2D eigenvalue weighted by Crippen LogP contribution is 2.28. The molecule has 0 saturated heterocycles. The summed E-state index contributed by atoms with van der Waals surface area (Å²) in [7, 11) is 0. The predicted molar refractivity (Wildman–Crippen MR) is 91.4 cm³/mol. The fraction of sp³-hybridized carbons (Fsp3) is 0.167. The maximum Gasteiger partial charge on any atom is 0.262 e. The summed E-state index contributed by atoms with van der Waals surface area (Å²) in [6.45, 7) is 3.38. The summed E-state index contributed by atoms with van der Waals surface area (Å²) < 4.78 is 0. The van der Waals surface area contributed by atoms with E-state index in [0.717, 1.165) is 16.0 Å². The lowest BCUT2D eigenvalue weighted by Crippen LogP contribution is -2.37. The first-order valence-corrected chi connectivity index (χ1v) is 7.78. The second-order valence-corrected chi connectivity index (χ2v) is 6.14. The van der Waals surface area contributed by atoms with Gasteiger partial charge in [0.25, 0.3) is 11.8 Å². The summed E-state index contributed by atoms with van der Waals surface area (Å²) in [4.78, 5) is 37.8. The van der Waals surface area contributed by atoms with E-state index in [2.05, 4.69) is 5.32 Å². The van der Waals surface area contributed by atoms with Gasteiger partial charge in [-0.2, -0.15) is 0 Å². The van der Waals surface area contributed by atoms with Gasteiger partial charge in [-0.15, -0.1) is 0 Å². The third-order valence-electron chi connectivity index (χ3n) is 3.88. The Morgan fingerprint density at radius 2 is 1.67 bits per heavy atom. The molecule has 0 atom stereocenters. The van der Waals surface area contributed by atoms with Crippen molar-refractivity contribution in [2.75, 3.05) is 11.9 Å². The Morgan fingerprint density at radius 3 is 2.21 bits per heavy atom.